The van der Waals surface area contributed by atoms with E-state index in [9.17, 15) is 22.8 Å². The second-order valence-corrected chi connectivity index (χ2v) is 5.83. The second-order valence-electron chi connectivity index (χ2n) is 5.83. The first-order valence-electron chi connectivity index (χ1n) is 7.73. The Morgan fingerprint density at radius 1 is 0.960 bits per heavy atom. The van der Waals surface area contributed by atoms with E-state index in [-0.39, 0.29) is 17.6 Å². The average molecular weight is 348 g/mol. The lowest BCUT2D eigenvalue weighted by Crippen LogP contribution is -2.25. The minimum absolute atomic E-state index is 0.185. The molecule has 1 saturated carbocycles. The minimum atomic E-state index is -4.63. The predicted octanol–water partition coefficient (Wildman–Crippen LogP) is 3.85. The Hall–Kier alpha value is -2.83. The Morgan fingerprint density at radius 3 is 2.36 bits per heavy atom. The number of carbonyl (C=O) groups excluding carboxylic acids is 2. The number of amides is 2. The van der Waals surface area contributed by atoms with Crippen LogP contribution in [0.25, 0.3) is 0 Å². The summed E-state index contributed by atoms with van der Waals surface area (Å²) in [6.45, 7) is 0. The number of benzene rings is 2. The lowest BCUT2D eigenvalue weighted by Gasteiger charge is -2.13. The molecule has 1 aliphatic rings. The van der Waals surface area contributed by atoms with Gasteiger partial charge in [0.05, 0.1) is 11.1 Å². The van der Waals surface area contributed by atoms with Crippen molar-refractivity contribution in [3.8, 4) is 0 Å². The fraction of sp³-hybridized carbons (Fsp3) is 0.222. The van der Waals surface area contributed by atoms with E-state index < -0.39 is 23.2 Å². The zero-order chi connectivity index (χ0) is 18.0. The van der Waals surface area contributed by atoms with Gasteiger partial charge in [0.15, 0.2) is 0 Å². The first-order valence-corrected chi connectivity index (χ1v) is 7.73. The molecule has 0 spiro atoms. The Kier molecular flexibility index (Phi) is 4.48. The van der Waals surface area contributed by atoms with Crippen molar-refractivity contribution in [2.75, 3.05) is 5.32 Å². The summed E-state index contributed by atoms with van der Waals surface area (Å²) in [5, 5.41) is 5.23. The topological polar surface area (TPSA) is 58.2 Å². The van der Waals surface area contributed by atoms with E-state index >= 15 is 0 Å². The molecule has 2 aromatic rings. The zero-order valence-electron chi connectivity index (χ0n) is 13.1. The third-order valence-electron chi connectivity index (χ3n) is 3.77. The number of hydrogen-bond donors (Lipinski definition) is 2. The van der Waals surface area contributed by atoms with Crippen molar-refractivity contribution in [3.05, 3.63) is 65.2 Å². The third-order valence-corrected chi connectivity index (χ3v) is 3.77. The quantitative estimate of drug-likeness (QED) is 0.882. The number of rotatable bonds is 4. The smallest absolute Gasteiger partial charge is 0.349 e. The van der Waals surface area contributed by atoms with Crippen LogP contribution >= 0.6 is 0 Å². The maximum absolute atomic E-state index is 13.0. The highest BCUT2D eigenvalue weighted by atomic mass is 19.4. The summed E-state index contributed by atoms with van der Waals surface area (Å²) in [5.74, 6) is -1.15. The molecule has 2 aromatic carbocycles. The Balaban J connectivity index is 1.78. The largest absolute Gasteiger partial charge is 0.417 e. The number of anilines is 1. The summed E-state index contributed by atoms with van der Waals surface area (Å²) in [7, 11) is 0. The first-order chi connectivity index (χ1) is 11.8. The molecule has 3 rings (SSSR count). The normalized spacial score (nSPS) is 14.0. The van der Waals surface area contributed by atoms with E-state index in [2.05, 4.69) is 10.6 Å². The summed E-state index contributed by atoms with van der Waals surface area (Å²) >= 11 is 0. The van der Waals surface area contributed by atoms with Crippen LogP contribution in [-0.2, 0) is 6.18 Å². The van der Waals surface area contributed by atoms with Crippen molar-refractivity contribution in [2.45, 2.75) is 25.1 Å². The van der Waals surface area contributed by atoms with Gasteiger partial charge < -0.3 is 10.6 Å². The van der Waals surface area contributed by atoms with Crippen LogP contribution in [0.2, 0.25) is 0 Å². The van der Waals surface area contributed by atoms with Crippen LogP contribution in [-0.4, -0.2) is 17.9 Å². The SMILES string of the molecule is O=C(NC1CC1)c1cccc(NC(=O)c2ccccc2C(F)(F)F)c1. The molecule has 0 heterocycles. The highest BCUT2D eigenvalue weighted by Crippen LogP contribution is 2.32. The van der Waals surface area contributed by atoms with E-state index in [1.165, 1.54) is 24.3 Å². The monoisotopic (exact) mass is 348 g/mol. The molecule has 25 heavy (non-hydrogen) atoms. The Morgan fingerprint density at radius 2 is 1.68 bits per heavy atom. The van der Waals surface area contributed by atoms with Gasteiger partial charge in [-0.3, -0.25) is 9.59 Å². The fourth-order valence-corrected chi connectivity index (χ4v) is 2.36. The van der Waals surface area contributed by atoms with Crippen molar-refractivity contribution < 1.29 is 22.8 Å². The van der Waals surface area contributed by atoms with Crippen LogP contribution in [0.15, 0.2) is 48.5 Å². The molecule has 130 valence electrons. The molecule has 0 saturated heterocycles. The van der Waals surface area contributed by atoms with Gasteiger partial charge >= 0.3 is 6.18 Å². The van der Waals surface area contributed by atoms with Gasteiger partial charge in [0.2, 0.25) is 0 Å². The summed E-state index contributed by atoms with van der Waals surface area (Å²) in [4.78, 5) is 24.3. The standard InChI is InChI=1S/C18H15F3N2O2/c19-18(20,21)15-7-2-1-6-14(15)17(25)23-13-5-3-4-11(10-13)16(24)22-12-8-9-12/h1-7,10,12H,8-9H2,(H,22,24)(H,23,25). The van der Waals surface area contributed by atoms with Gasteiger partial charge in [0, 0.05) is 17.3 Å². The molecule has 4 nitrogen and oxygen atoms in total. The maximum atomic E-state index is 13.0. The van der Waals surface area contributed by atoms with Gasteiger partial charge in [-0.1, -0.05) is 18.2 Å². The van der Waals surface area contributed by atoms with Crippen LogP contribution in [0.5, 0.6) is 0 Å². The molecule has 7 heteroatoms. The number of halogens is 3. The molecule has 2 amide bonds. The lowest BCUT2D eigenvalue weighted by atomic mass is 10.1. The van der Waals surface area contributed by atoms with Crippen molar-refractivity contribution in [1.82, 2.24) is 5.32 Å². The van der Waals surface area contributed by atoms with Crippen molar-refractivity contribution >= 4 is 17.5 Å². The van der Waals surface area contributed by atoms with Crippen LogP contribution in [0.1, 0.15) is 39.1 Å². The van der Waals surface area contributed by atoms with Crippen LogP contribution in [0, 0.1) is 0 Å². The lowest BCUT2D eigenvalue weighted by molar-refractivity contribution is -0.137. The molecule has 0 unspecified atom stereocenters. The Labute approximate surface area is 142 Å². The number of alkyl halides is 3. The van der Waals surface area contributed by atoms with Gasteiger partial charge in [-0.05, 0) is 43.2 Å². The van der Waals surface area contributed by atoms with Gasteiger partial charge in [0.25, 0.3) is 11.8 Å². The molecule has 0 aromatic heterocycles. The number of hydrogen-bond acceptors (Lipinski definition) is 2. The van der Waals surface area contributed by atoms with E-state index in [0.717, 1.165) is 25.0 Å². The summed E-state index contributed by atoms with van der Waals surface area (Å²) in [6.07, 6.45) is -2.74. The zero-order valence-corrected chi connectivity index (χ0v) is 13.1. The van der Waals surface area contributed by atoms with E-state index in [0.29, 0.717) is 5.56 Å². The molecular weight excluding hydrogens is 333 g/mol. The van der Waals surface area contributed by atoms with Crippen LogP contribution < -0.4 is 10.6 Å². The van der Waals surface area contributed by atoms with Crippen molar-refractivity contribution in [3.63, 3.8) is 0 Å². The molecule has 0 radical (unpaired) electrons. The maximum Gasteiger partial charge on any atom is 0.417 e. The number of carbonyl (C=O) groups is 2. The minimum Gasteiger partial charge on any atom is -0.349 e. The van der Waals surface area contributed by atoms with Gasteiger partial charge in [-0.25, -0.2) is 0 Å². The molecule has 2 N–H and O–H groups in total. The molecule has 1 aliphatic carbocycles. The van der Waals surface area contributed by atoms with Crippen molar-refractivity contribution in [2.24, 2.45) is 0 Å². The summed E-state index contributed by atoms with van der Waals surface area (Å²) in [5.41, 5.74) is -0.878. The summed E-state index contributed by atoms with van der Waals surface area (Å²) < 4.78 is 39.0. The molecule has 1 fully saturated rings. The average Bonchev–Trinajstić information content (AvgIpc) is 3.38. The molecule has 0 aliphatic heterocycles. The van der Waals surface area contributed by atoms with E-state index in [1.807, 2.05) is 0 Å². The van der Waals surface area contributed by atoms with Crippen LogP contribution in [0.4, 0.5) is 18.9 Å². The summed E-state index contributed by atoms with van der Waals surface area (Å²) in [6, 6.07) is 10.8. The van der Waals surface area contributed by atoms with Crippen molar-refractivity contribution in [1.29, 1.82) is 0 Å². The third kappa shape index (κ3) is 4.17. The molecule has 0 bridgehead atoms. The van der Waals surface area contributed by atoms with E-state index in [4.69, 9.17) is 0 Å². The van der Waals surface area contributed by atoms with E-state index in [1.54, 1.807) is 12.1 Å². The number of nitrogens with one attached hydrogen (secondary N) is 2. The predicted molar refractivity (Wildman–Crippen MR) is 86.3 cm³/mol. The molecule has 0 atom stereocenters. The van der Waals surface area contributed by atoms with Gasteiger partial charge in [0.1, 0.15) is 0 Å². The first kappa shape index (κ1) is 17.0. The Bertz CT molecular complexity index is 814. The highest BCUT2D eigenvalue weighted by molar-refractivity contribution is 6.06. The molecular formula is C18H15F3N2O2. The fourth-order valence-electron chi connectivity index (χ4n) is 2.36. The van der Waals surface area contributed by atoms with Gasteiger partial charge in [-0.2, -0.15) is 13.2 Å². The van der Waals surface area contributed by atoms with Gasteiger partial charge in [-0.15, -0.1) is 0 Å². The second kappa shape index (κ2) is 6.58. The van der Waals surface area contributed by atoms with Crippen LogP contribution in [0.3, 0.4) is 0 Å². The highest BCUT2D eigenvalue weighted by Gasteiger charge is 2.34.